The lowest BCUT2D eigenvalue weighted by Crippen LogP contribution is -2.18. The minimum atomic E-state index is 0.114. The van der Waals surface area contributed by atoms with Gasteiger partial charge >= 0.3 is 0 Å². The fraction of sp³-hybridized carbons (Fsp3) is 0.615. The largest absolute Gasteiger partial charge is 0.396 e. The van der Waals surface area contributed by atoms with E-state index in [0.29, 0.717) is 17.0 Å². The SMILES string of the molecule is CCC(=O)c1sc(NCC2CCCO2)c(SC)c1N. The highest BCUT2D eigenvalue weighted by atomic mass is 32.2. The van der Waals surface area contributed by atoms with Crippen LogP contribution in [-0.2, 0) is 4.74 Å². The van der Waals surface area contributed by atoms with Gasteiger partial charge in [-0.25, -0.2) is 0 Å². The van der Waals surface area contributed by atoms with Crippen LogP contribution in [0.2, 0.25) is 0 Å². The number of nitrogen functional groups attached to an aromatic ring is 1. The highest BCUT2D eigenvalue weighted by Crippen LogP contribution is 2.42. The number of thiophene rings is 1. The fourth-order valence-corrected chi connectivity index (χ4v) is 4.18. The highest BCUT2D eigenvalue weighted by molar-refractivity contribution is 7.99. The lowest BCUT2D eigenvalue weighted by molar-refractivity contribution is 0.0992. The number of rotatable bonds is 6. The van der Waals surface area contributed by atoms with Crippen LogP contribution in [0.4, 0.5) is 10.7 Å². The van der Waals surface area contributed by atoms with Crippen molar-refractivity contribution >= 4 is 39.6 Å². The van der Waals surface area contributed by atoms with Crippen LogP contribution in [0.1, 0.15) is 35.9 Å². The first kappa shape index (κ1) is 14.7. The van der Waals surface area contributed by atoms with E-state index < -0.39 is 0 Å². The van der Waals surface area contributed by atoms with Crippen LogP contribution in [0.15, 0.2) is 4.90 Å². The summed E-state index contributed by atoms with van der Waals surface area (Å²) in [4.78, 5) is 13.5. The zero-order chi connectivity index (χ0) is 13.8. The van der Waals surface area contributed by atoms with Gasteiger partial charge in [-0.2, -0.15) is 0 Å². The number of carbonyl (C=O) groups excluding carboxylic acids is 1. The first-order valence-electron chi connectivity index (χ1n) is 6.52. The van der Waals surface area contributed by atoms with Crippen LogP contribution in [0, 0.1) is 0 Å². The number of nitrogens with one attached hydrogen (secondary N) is 1. The number of anilines is 2. The molecular formula is C13H20N2O2S2. The smallest absolute Gasteiger partial charge is 0.174 e. The van der Waals surface area contributed by atoms with E-state index in [1.54, 1.807) is 11.8 Å². The van der Waals surface area contributed by atoms with E-state index in [2.05, 4.69) is 5.32 Å². The van der Waals surface area contributed by atoms with Gasteiger partial charge in [-0.3, -0.25) is 4.79 Å². The van der Waals surface area contributed by atoms with Crippen LogP contribution in [0.3, 0.4) is 0 Å². The lowest BCUT2D eigenvalue weighted by atomic mass is 10.2. The molecule has 0 aliphatic carbocycles. The second-order valence-corrected chi connectivity index (χ2v) is 6.34. The lowest BCUT2D eigenvalue weighted by Gasteiger charge is -2.11. The summed E-state index contributed by atoms with van der Waals surface area (Å²) in [5, 5.41) is 4.38. The molecule has 1 saturated heterocycles. The third kappa shape index (κ3) is 3.24. The molecule has 4 nitrogen and oxygen atoms in total. The second-order valence-electron chi connectivity index (χ2n) is 4.50. The molecule has 0 bridgehead atoms. The van der Waals surface area contributed by atoms with Crippen molar-refractivity contribution in [3.63, 3.8) is 0 Å². The number of nitrogens with two attached hydrogens (primary N) is 1. The minimum absolute atomic E-state index is 0.114. The van der Waals surface area contributed by atoms with Gasteiger partial charge in [0.1, 0.15) is 5.00 Å². The summed E-state index contributed by atoms with van der Waals surface area (Å²) in [7, 11) is 0. The number of Topliss-reactive ketones (excluding diaryl/α,β-unsaturated/α-hetero) is 1. The van der Waals surface area contributed by atoms with Crippen LogP contribution in [-0.4, -0.2) is 31.3 Å². The number of carbonyl (C=O) groups is 1. The van der Waals surface area contributed by atoms with Gasteiger partial charge in [0, 0.05) is 19.6 Å². The summed E-state index contributed by atoms with van der Waals surface area (Å²) < 4.78 is 5.59. The molecular weight excluding hydrogens is 280 g/mol. The van der Waals surface area contributed by atoms with Gasteiger partial charge in [-0.15, -0.1) is 23.1 Å². The molecule has 0 saturated carbocycles. The van der Waals surface area contributed by atoms with Gasteiger partial charge in [0.15, 0.2) is 5.78 Å². The van der Waals surface area contributed by atoms with Gasteiger partial charge in [-0.1, -0.05) is 6.92 Å². The Morgan fingerprint density at radius 2 is 2.42 bits per heavy atom. The Labute approximate surface area is 122 Å². The maximum atomic E-state index is 11.8. The van der Waals surface area contributed by atoms with E-state index in [0.717, 1.165) is 35.9 Å². The van der Waals surface area contributed by atoms with E-state index in [9.17, 15) is 4.79 Å². The molecule has 1 atom stereocenters. The Hall–Kier alpha value is -0.720. The van der Waals surface area contributed by atoms with Crippen molar-refractivity contribution < 1.29 is 9.53 Å². The Morgan fingerprint density at radius 1 is 1.63 bits per heavy atom. The van der Waals surface area contributed by atoms with Crippen molar-refractivity contribution in [1.29, 1.82) is 0 Å². The maximum absolute atomic E-state index is 11.8. The summed E-state index contributed by atoms with van der Waals surface area (Å²) in [6.45, 7) is 3.50. The van der Waals surface area contributed by atoms with Crippen molar-refractivity contribution in [2.24, 2.45) is 0 Å². The van der Waals surface area contributed by atoms with Crippen LogP contribution in [0.5, 0.6) is 0 Å². The predicted molar refractivity (Wildman–Crippen MR) is 82.6 cm³/mol. The Bertz CT molecular complexity index is 454. The van der Waals surface area contributed by atoms with Gasteiger partial charge in [0.25, 0.3) is 0 Å². The monoisotopic (exact) mass is 300 g/mol. The first-order chi connectivity index (χ1) is 9.17. The second kappa shape index (κ2) is 6.63. The normalized spacial score (nSPS) is 18.7. The van der Waals surface area contributed by atoms with Gasteiger partial charge < -0.3 is 15.8 Å². The van der Waals surface area contributed by atoms with Crippen LogP contribution < -0.4 is 11.1 Å². The summed E-state index contributed by atoms with van der Waals surface area (Å²) in [6, 6.07) is 0. The first-order valence-corrected chi connectivity index (χ1v) is 8.56. The van der Waals surface area contributed by atoms with Crippen LogP contribution >= 0.6 is 23.1 Å². The molecule has 2 heterocycles. The van der Waals surface area contributed by atoms with Gasteiger partial charge in [0.05, 0.1) is 21.6 Å². The molecule has 2 rings (SSSR count). The minimum Gasteiger partial charge on any atom is -0.396 e. The molecule has 1 aliphatic rings. The van der Waals surface area contributed by atoms with E-state index >= 15 is 0 Å². The van der Waals surface area contributed by atoms with Crippen molar-refractivity contribution in [3.05, 3.63) is 4.88 Å². The standard InChI is InChI=1S/C13H20N2O2S2/c1-3-9(16)11-10(14)12(18-2)13(19-11)15-7-8-5-4-6-17-8/h8,15H,3-7,14H2,1-2H3. The van der Waals surface area contributed by atoms with E-state index in [-0.39, 0.29) is 11.9 Å². The summed E-state index contributed by atoms with van der Waals surface area (Å²) in [6.07, 6.45) is 4.99. The van der Waals surface area contributed by atoms with Crippen LogP contribution in [0.25, 0.3) is 0 Å². The summed E-state index contributed by atoms with van der Waals surface area (Å²) >= 11 is 3.05. The average Bonchev–Trinajstić information content (AvgIpc) is 3.03. The van der Waals surface area contributed by atoms with Gasteiger partial charge in [0.2, 0.25) is 0 Å². The third-order valence-electron chi connectivity index (χ3n) is 3.19. The molecule has 6 heteroatoms. The Morgan fingerprint density at radius 3 is 3.00 bits per heavy atom. The molecule has 1 fully saturated rings. The molecule has 106 valence electrons. The van der Waals surface area contributed by atoms with Crippen molar-refractivity contribution in [3.8, 4) is 0 Å². The number of hydrogen-bond acceptors (Lipinski definition) is 6. The molecule has 0 aromatic carbocycles. The average molecular weight is 300 g/mol. The quantitative estimate of drug-likeness (QED) is 0.624. The van der Waals surface area contributed by atoms with E-state index in [1.165, 1.54) is 11.3 Å². The summed E-state index contributed by atoms with van der Waals surface area (Å²) in [5.41, 5.74) is 6.70. The van der Waals surface area contributed by atoms with E-state index in [4.69, 9.17) is 10.5 Å². The van der Waals surface area contributed by atoms with Crippen molar-refractivity contribution in [2.75, 3.05) is 30.5 Å². The molecule has 1 aromatic rings. The zero-order valence-corrected chi connectivity index (χ0v) is 13.0. The highest BCUT2D eigenvalue weighted by Gasteiger charge is 2.21. The molecule has 19 heavy (non-hydrogen) atoms. The Balaban J connectivity index is 2.12. The van der Waals surface area contributed by atoms with Crippen molar-refractivity contribution in [2.45, 2.75) is 37.2 Å². The molecule has 1 aromatic heterocycles. The topological polar surface area (TPSA) is 64.3 Å². The molecule has 1 aliphatic heterocycles. The Kier molecular flexibility index (Phi) is 5.13. The fourth-order valence-electron chi connectivity index (χ4n) is 2.13. The third-order valence-corrected chi connectivity index (χ3v) is 5.36. The number of hydrogen-bond donors (Lipinski definition) is 2. The number of ketones is 1. The van der Waals surface area contributed by atoms with Crippen molar-refractivity contribution in [1.82, 2.24) is 0 Å². The number of thioether (sulfide) groups is 1. The summed E-state index contributed by atoms with van der Waals surface area (Å²) in [5.74, 6) is 0.114. The molecule has 0 amide bonds. The molecule has 0 radical (unpaired) electrons. The van der Waals surface area contributed by atoms with Gasteiger partial charge in [-0.05, 0) is 19.1 Å². The number of ether oxygens (including phenoxy) is 1. The molecule has 1 unspecified atom stereocenters. The maximum Gasteiger partial charge on any atom is 0.174 e. The molecule has 0 spiro atoms. The molecule has 3 N–H and O–H groups in total. The predicted octanol–water partition coefficient (Wildman–Crippen LogP) is 3.24. The zero-order valence-electron chi connectivity index (χ0n) is 11.3. The van der Waals surface area contributed by atoms with E-state index in [1.807, 2.05) is 13.2 Å².